The molecule has 1 aliphatic carbocycles. The van der Waals surface area contributed by atoms with Crippen LogP contribution in [-0.4, -0.2) is 54.9 Å². The van der Waals surface area contributed by atoms with Gasteiger partial charge in [-0.3, -0.25) is 9.98 Å². The van der Waals surface area contributed by atoms with E-state index in [0.717, 1.165) is 43.1 Å². The van der Waals surface area contributed by atoms with Crippen LogP contribution in [0.4, 0.5) is 5.69 Å². The second-order valence-corrected chi connectivity index (χ2v) is 8.92. The quantitative estimate of drug-likeness (QED) is 0.731. The van der Waals surface area contributed by atoms with E-state index >= 15 is 0 Å². The summed E-state index contributed by atoms with van der Waals surface area (Å²) in [6.07, 6.45) is 12.4. The summed E-state index contributed by atoms with van der Waals surface area (Å²) in [6, 6.07) is 13.2. The molecule has 0 N–H and O–H groups in total. The molecule has 4 heteroatoms. The first-order chi connectivity index (χ1) is 14.8. The fourth-order valence-electron chi connectivity index (χ4n) is 4.66. The van der Waals surface area contributed by atoms with Gasteiger partial charge in [-0.2, -0.15) is 0 Å². The molecule has 5 rings (SSSR count). The normalized spacial score (nSPS) is 22.1. The smallest absolute Gasteiger partial charge is 0.0694 e. The van der Waals surface area contributed by atoms with Crippen LogP contribution in [0.3, 0.4) is 0 Å². The Labute approximate surface area is 180 Å². The number of allylic oxidation sites excluding steroid dienone is 1. The number of hydrogen-bond donors (Lipinski definition) is 0. The summed E-state index contributed by atoms with van der Waals surface area (Å²) in [7, 11) is 0. The molecule has 1 aromatic carbocycles. The summed E-state index contributed by atoms with van der Waals surface area (Å²) in [6.45, 7) is 7.00. The molecule has 1 saturated carbocycles. The van der Waals surface area contributed by atoms with Gasteiger partial charge in [-0.25, -0.2) is 0 Å². The van der Waals surface area contributed by atoms with E-state index in [1.54, 1.807) is 0 Å². The van der Waals surface area contributed by atoms with Crippen LogP contribution in [0.15, 0.2) is 59.4 Å². The summed E-state index contributed by atoms with van der Waals surface area (Å²) in [5.41, 5.74) is 6.18. The van der Waals surface area contributed by atoms with Crippen molar-refractivity contribution >= 4 is 17.5 Å². The Bertz CT molecular complexity index is 896. The highest BCUT2D eigenvalue weighted by Gasteiger charge is 2.25. The number of rotatable bonds is 5. The second kappa shape index (κ2) is 9.13. The molecule has 2 fully saturated rings. The topological polar surface area (TPSA) is 31.7 Å². The molecule has 0 radical (unpaired) electrons. The zero-order valence-electron chi connectivity index (χ0n) is 17.8. The second-order valence-electron chi connectivity index (χ2n) is 8.92. The Kier molecular flexibility index (Phi) is 5.94. The van der Waals surface area contributed by atoms with E-state index in [9.17, 15) is 0 Å². The lowest BCUT2D eigenvalue weighted by Crippen LogP contribution is -2.31. The zero-order valence-corrected chi connectivity index (χ0v) is 17.8. The largest absolute Gasteiger partial charge is 0.370 e. The monoisotopic (exact) mass is 400 g/mol. The average molecular weight is 401 g/mol. The van der Waals surface area contributed by atoms with Crippen LogP contribution < -0.4 is 4.90 Å². The van der Waals surface area contributed by atoms with E-state index in [0.29, 0.717) is 0 Å². The van der Waals surface area contributed by atoms with Crippen LogP contribution in [0.25, 0.3) is 6.08 Å². The van der Waals surface area contributed by atoms with Crippen molar-refractivity contribution in [3.8, 4) is 0 Å². The van der Waals surface area contributed by atoms with E-state index < -0.39 is 0 Å². The van der Waals surface area contributed by atoms with Gasteiger partial charge >= 0.3 is 0 Å². The van der Waals surface area contributed by atoms with Gasteiger partial charge in [0.15, 0.2) is 0 Å². The van der Waals surface area contributed by atoms with Crippen LogP contribution in [0.2, 0.25) is 0 Å². The zero-order chi connectivity index (χ0) is 20.2. The number of hydrogen-bond acceptors (Lipinski definition) is 4. The summed E-state index contributed by atoms with van der Waals surface area (Å²) < 4.78 is 0. The minimum absolute atomic E-state index is 0.910. The molecule has 156 valence electrons. The SMILES string of the molecule is C(=C1CCCN=C1c1cccnc1)c1ccc(N2CCCN(CC3CC3)CC2)cc1. The Hall–Kier alpha value is -2.46. The number of aliphatic imine (C=N–C) groups is 1. The summed E-state index contributed by atoms with van der Waals surface area (Å²) >= 11 is 0. The lowest BCUT2D eigenvalue weighted by atomic mass is 9.95. The molecule has 2 aromatic rings. The molecular formula is C26H32N4. The van der Waals surface area contributed by atoms with Gasteiger partial charge < -0.3 is 9.80 Å². The van der Waals surface area contributed by atoms with Gasteiger partial charge in [0.25, 0.3) is 0 Å². The first kappa shape index (κ1) is 19.5. The Balaban J connectivity index is 1.27. The Morgan fingerprint density at radius 1 is 0.967 bits per heavy atom. The molecule has 0 unspecified atom stereocenters. The summed E-state index contributed by atoms with van der Waals surface area (Å²) in [4.78, 5) is 14.3. The fourth-order valence-corrected chi connectivity index (χ4v) is 4.66. The molecule has 0 bridgehead atoms. The molecule has 30 heavy (non-hydrogen) atoms. The van der Waals surface area contributed by atoms with Gasteiger partial charge in [0, 0.05) is 56.4 Å². The molecule has 0 amide bonds. The van der Waals surface area contributed by atoms with Crippen molar-refractivity contribution in [3.63, 3.8) is 0 Å². The maximum absolute atomic E-state index is 4.81. The summed E-state index contributed by atoms with van der Waals surface area (Å²) in [5.74, 6) is 0.990. The number of nitrogens with zero attached hydrogens (tertiary/aromatic N) is 4. The molecule has 0 spiro atoms. The number of pyridine rings is 1. The van der Waals surface area contributed by atoms with E-state index in [2.05, 4.69) is 51.2 Å². The third kappa shape index (κ3) is 4.81. The van der Waals surface area contributed by atoms with Gasteiger partial charge in [0.2, 0.25) is 0 Å². The minimum Gasteiger partial charge on any atom is -0.370 e. The third-order valence-corrected chi connectivity index (χ3v) is 6.51. The molecule has 0 atom stereocenters. The van der Waals surface area contributed by atoms with Gasteiger partial charge in [-0.1, -0.05) is 12.1 Å². The lowest BCUT2D eigenvalue weighted by Gasteiger charge is -2.24. The Morgan fingerprint density at radius 3 is 2.67 bits per heavy atom. The van der Waals surface area contributed by atoms with Gasteiger partial charge in [0.05, 0.1) is 5.71 Å². The van der Waals surface area contributed by atoms with Gasteiger partial charge in [-0.05, 0) is 86.0 Å². The minimum atomic E-state index is 0.910. The predicted molar refractivity (Wildman–Crippen MR) is 125 cm³/mol. The molecule has 1 aromatic heterocycles. The van der Waals surface area contributed by atoms with Crippen molar-refractivity contribution in [2.45, 2.75) is 32.1 Å². The first-order valence-electron chi connectivity index (χ1n) is 11.6. The van der Waals surface area contributed by atoms with Crippen molar-refractivity contribution in [2.75, 3.05) is 44.2 Å². The van der Waals surface area contributed by atoms with Crippen molar-refractivity contribution in [3.05, 3.63) is 65.5 Å². The van der Waals surface area contributed by atoms with Gasteiger partial charge in [-0.15, -0.1) is 0 Å². The van der Waals surface area contributed by atoms with Crippen LogP contribution in [0.5, 0.6) is 0 Å². The summed E-state index contributed by atoms with van der Waals surface area (Å²) in [5, 5.41) is 0. The van der Waals surface area contributed by atoms with Crippen molar-refractivity contribution in [1.82, 2.24) is 9.88 Å². The number of benzene rings is 1. The Morgan fingerprint density at radius 2 is 1.87 bits per heavy atom. The molecule has 1 saturated heterocycles. The van der Waals surface area contributed by atoms with E-state index in [4.69, 9.17) is 4.99 Å². The third-order valence-electron chi connectivity index (χ3n) is 6.51. The number of aromatic nitrogens is 1. The molecule has 2 aliphatic heterocycles. The molecule has 3 aliphatic rings. The van der Waals surface area contributed by atoms with Crippen molar-refractivity contribution in [1.29, 1.82) is 0 Å². The average Bonchev–Trinajstić information content (AvgIpc) is 3.63. The number of anilines is 1. The predicted octanol–water partition coefficient (Wildman–Crippen LogP) is 4.67. The molecule has 4 nitrogen and oxygen atoms in total. The first-order valence-corrected chi connectivity index (χ1v) is 11.6. The van der Waals surface area contributed by atoms with Crippen LogP contribution in [-0.2, 0) is 0 Å². The highest BCUT2D eigenvalue weighted by molar-refractivity contribution is 6.15. The van der Waals surface area contributed by atoms with E-state index in [1.165, 1.54) is 62.3 Å². The highest BCUT2D eigenvalue weighted by Crippen LogP contribution is 2.30. The van der Waals surface area contributed by atoms with Crippen molar-refractivity contribution in [2.24, 2.45) is 10.9 Å². The van der Waals surface area contributed by atoms with Crippen LogP contribution in [0, 0.1) is 5.92 Å². The highest BCUT2D eigenvalue weighted by atomic mass is 15.2. The van der Waals surface area contributed by atoms with Crippen LogP contribution in [0.1, 0.15) is 43.2 Å². The molecular weight excluding hydrogens is 368 g/mol. The lowest BCUT2D eigenvalue weighted by molar-refractivity contribution is 0.282. The molecule has 3 heterocycles. The maximum Gasteiger partial charge on any atom is 0.0694 e. The van der Waals surface area contributed by atoms with E-state index in [-0.39, 0.29) is 0 Å². The fraction of sp³-hybridized carbons (Fsp3) is 0.462. The van der Waals surface area contributed by atoms with E-state index in [1.807, 2.05) is 18.5 Å². The van der Waals surface area contributed by atoms with Gasteiger partial charge in [0.1, 0.15) is 0 Å². The maximum atomic E-state index is 4.81. The van der Waals surface area contributed by atoms with Crippen molar-refractivity contribution < 1.29 is 0 Å². The van der Waals surface area contributed by atoms with Crippen LogP contribution >= 0.6 is 0 Å². The standard InChI is InChI=1S/C26H32N4/c1-5-24(19-27-12-1)26-23(4-2-13-28-26)18-21-8-10-25(11-9-21)30-15-3-14-29(16-17-30)20-22-6-7-22/h1,5,8-12,18-19,22H,2-4,6-7,13-17,20H2.